The summed E-state index contributed by atoms with van der Waals surface area (Å²) >= 11 is 0. The molecule has 0 bridgehead atoms. The normalized spacial score (nSPS) is 17.4. The maximum absolute atomic E-state index is 12.5. The largest absolute Gasteiger partial charge is 0.491 e. The Morgan fingerprint density at radius 1 is 1.32 bits per heavy atom. The van der Waals surface area contributed by atoms with Gasteiger partial charge in [0.15, 0.2) is 0 Å². The molecule has 0 aliphatic carbocycles. The van der Waals surface area contributed by atoms with Gasteiger partial charge in [0.05, 0.1) is 11.0 Å². The standard InChI is InChI=1S/C18H24N2O5/c1-4-18(2,3)16(21)17(22)19-11-5-6-14(19)12-25-15-9-7-13(8-10-15)20(23)24/h7-10,14H,4-6,11-12H2,1-3H3/t14-/m0/s1. The molecule has 1 atom stereocenters. The maximum atomic E-state index is 12.5. The first-order valence-corrected chi connectivity index (χ1v) is 8.49. The summed E-state index contributed by atoms with van der Waals surface area (Å²) in [5, 5.41) is 10.7. The summed E-state index contributed by atoms with van der Waals surface area (Å²) in [5.41, 5.74) is -0.666. The molecule has 0 aromatic heterocycles. The van der Waals surface area contributed by atoms with Crippen molar-refractivity contribution in [3.05, 3.63) is 34.4 Å². The highest BCUT2D eigenvalue weighted by Gasteiger charge is 2.38. The number of hydrogen-bond donors (Lipinski definition) is 0. The van der Waals surface area contributed by atoms with Crippen molar-refractivity contribution in [2.24, 2.45) is 5.41 Å². The minimum Gasteiger partial charge on any atom is -0.491 e. The molecule has 0 radical (unpaired) electrons. The number of non-ortho nitro benzene ring substituents is 1. The van der Waals surface area contributed by atoms with Crippen molar-refractivity contribution in [1.82, 2.24) is 4.90 Å². The number of carbonyl (C=O) groups is 2. The van der Waals surface area contributed by atoms with Crippen LogP contribution in [0.3, 0.4) is 0 Å². The van der Waals surface area contributed by atoms with Crippen molar-refractivity contribution in [2.45, 2.75) is 46.1 Å². The van der Waals surface area contributed by atoms with E-state index in [4.69, 9.17) is 4.74 Å². The number of carbonyl (C=O) groups excluding carboxylic acids is 2. The van der Waals surface area contributed by atoms with E-state index in [1.807, 2.05) is 6.92 Å². The molecule has 1 aromatic carbocycles. The molecule has 7 heteroatoms. The fourth-order valence-corrected chi connectivity index (χ4v) is 2.71. The van der Waals surface area contributed by atoms with Crippen LogP contribution in [0.2, 0.25) is 0 Å². The van der Waals surface area contributed by atoms with E-state index in [0.717, 1.165) is 12.8 Å². The van der Waals surface area contributed by atoms with Crippen LogP contribution in [0.1, 0.15) is 40.0 Å². The summed E-state index contributed by atoms with van der Waals surface area (Å²) in [6.07, 6.45) is 2.22. The molecule has 1 heterocycles. The van der Waals surface area contributed by atoms with Crippen LogP contribution in [0.5, 0.6) is 5.75 Å². The molecule has 136 valence electrons. The Morgan fingerprint density at radius 3 is 2.52 bits per heavy atom. The number of benzene rings is 1. The Hall–Kier alpha value is -2.44. The molecule has 1 aliphatic rings. The monoisotopic (exact) mass is 348 g/mol. The second kappa shape index (κ2) is 7.63. The number of ether oxygens (including phenoxy) is 1. The van der Waals surface area contributed by atoms with Gasteiger partial charge < -0.3 is 9.64 Å². The zero-order valence-corrected chi connectivity index (χ0v) is 14.9. The smallest absolute Gasteiger partial charge is 0.290 e. The lowest BCUT2D eigenvalue weighted by molar-refractivity contribution is -0.384. The fraction of sp³-hybridized carbons (Fsp3) is 0.556. The third-order valence-corrected chi connectivity index (χ3v) is 4.82. The molecule has 1 aromatic rings. The molecule has 1 amide bonds. The second-order valence-electron chi connectivity index (χ2n) is 6.92. The lowest BCUT2D eigenvalue weighted by Crippen LogP contribution is -2.46. The molecule has 0 N–H and O–H groups in total. The van der Waals surface area contributed by atoms with E-state index in [-0.39, 0.29) is 24.1 Å². The van der Waals surface area contributed by atoms with E-state index < -0.39 is 16.2 Å². The Labute approximate surface area is 147 Å². The molecule has 1 saturated heterocycles. The van der Waals surface area contributed by atoms with E-state index in [9.17, 15) is 19.7 Å². The van der Waals surface area contributed by atoms with Gasteiger partial charge in [-0.15, -0.1) is 0 Å². The summed E-state index contributed by atoms with van der Waals surface area (Å²) < 4.78 is 5.67. The summed E-state index contributed by atoms with van der Waals surface area (Å²) in [6, 6.07) is 5.66. The molecule has 0 saturated carbocycles. The summed E-state index contributed by atoms with van der Waals surface area (Å²) in [5.74, 6) is -0.302. The number of rotatable bonds is 7. The van der Waals surface area contributed by atoms with Crippen LogP contribution in [-0.4, -0.2) is 40.7 Å². The molecule has 25 heavy (non-hydrogen) atoms. The Balaban J connectivity index is 1.98. The SMILES string of the molecule is CCC(C)(C)C(=O)C(=O)N1CCC[C@H]1COc1ccc([N+](=O)[O-])cc1. The van der Waals surface area contributed by atoms with Crippen molar-refractivity contribution in [3.63, 3.8) is 0 Å². The predicted molar refractivity (Wildman–Crippen MR) is 92.4 cm³/mol. The predicted octanol–water partition coefficient (Wildman–Crippen LogP) is 2.97. The third kappa shape index (κ3) is 4.35. The molecule has 7 nitrogen and oxygen atoms in total. The first-order chi connectivity index (χ1) is 11.8. The van der Waals surface area contributed by atoms with Gasteiger partial charge in [-0.3, -0.25) is 19.7 Å². The van der Waals surface area contributed by atoms with Gasteiger partial charge in [0.1, 0.15) is 12.4 Å². The Bertz CT molecular complexity index is 654. The number of nitro groups is 1. The van der Waals surface area contributed by atoms with Gasteiger partial charge in [-0.05, 0) is 31.4 Å². The van der Waals surface area contributed by atoms with Crippen molar-refractivity contribution >= 4 is 17.4 Å². The van der Waals surface area contributed by atoms with Crippen LogP contribution in [0.25, 0.3) is 0 Å². The number of amides is 1. The van der Waals surface area contributed by atoms with Crippen molar-refractivity contribution in [3.8, 4) is 5.75 Å². The summed E-state index contributed by atoms with van der Waals surface area (Å²) in [6.45, 7) is 6.28. The highest BCUT2D eigenvalue weighted by atomic mass is 16.6. The van der Waals surface area contributed by atoms with Gasteiger partial charge in [0.25, 0.3) is 11.6 Å². The average molecular weight is 348 g/mol. The Kier molecular flexibility index (Phi) is 5.77. The lowest BCUT2D eigenvalue weighted by Gasteiger charge is -2.28. The molecular formula is C18H24N2O5. The molecule has 1 aliphatic heterocycles. The van der Waals surface area contributed by atoms with Gasteiger partial charge in [-0.2, -0.15) is 0 Å². The molecule has 2 rings (SSSR count). The van der Waals surface area contributed by atoms with E-state index in [0.29, 0.717) is 18.7 Å². The fourth-order valence-electron chi connectivity index (χ4n) is 2.71. The first kappa shape index (κ1) is 18.9. The number of hydrogen-bond acceptors (Lipinski definition) is 5. The van der Waals surface area contributed by atoms with E-state index in [1.165, 1.54) is 24.3 Å². The van der Waals surface area contributed by atoms with Crippen LogP contribution < -0.4 is 4.74 Å². The van der Waals surface area contributed by atoms with Gasteiger partial charge in [-0.1, -0.05) is 20.8 Å². The molecule has 1 fully saturated rings. The quantitative estimate of drug-likeness (QED) is 0.429. The van der Waals surface area contributed by atoms with Crippen LogP contribution in [0, 0.1) is 15.5 Å². The minimum absolute atomic E-state index is 0.00239. The third-order valence-electron chi connectivity index (χ3n) is 4.82. The summed E-state index contributed by atoms with van der Waals surface area (Å²) in [7, 11) is 0. The topological polar surface area (TPSA) is 89.8 Å². The highest BCUT2D eigenvalue weighted by Crippen LogP contribution is 2.26. The maximum Gasteiger partial charge on any atom is 0.290 e. The second-order valence-corrected chi connectivity index (χ2v) is 6.92. The van der Waals surface area contributed by atoms with E-state index in [1.54, 1.807) is 18.7 Å². The van der Waals surface area contributed by atoms with Crippen molar-refractivity contribution < 1.29 is 19.2 Å². The number of ketones is 1. The van der Waals surface area contributed by atoms with Crippen LogP contribution in [-0.2, 0) is 9.59 Å². The number of Topliss-reactive ketones (excluding diaryl/α,β-unsaturated/α-hetero) is 1. The van der Waals surface area contributed by atoms with Crippen LogP contribution in [0.15, 0.2) is 24.3 Å². The van der Waals surface area contributed by atoms with Gasteiger partial charge in [0, 0.05) is 24.1 Å². The van der Waals surface area contributed by atoms with Crippen LogP contribution in [0.4, 0.5) is 5.69 Å². The average Bonchev–Trinajstić information content (AvgIpc) is 3.07. The number of likely N-dealkylation sites (tertiary alicyclic amines) is 1. The first-order valence-electron chi connectivity index (χ1n) is 8.49. The van der Waals surface area contributed by atoms with E-state index >= 15 is 0 Å². The van der Waals surface area contributed by atoms with E-state index in [2.05, 4.69) is 0 Å². The molecule has 0 unspecified atom stereocenters. The van der Waals surface area contributed by atoms with Crippen molar-refractivity contribution in [2.75, 3.05) is 13.2 Å². The summed E-state index contributed by atoms with van der Waals surface area (Å²) in [4.78, 5) is 36.7. The Morgan fingerprint density at radius 2 is 1.96 bits per heavy atom. The number of nitrogens with zero attached hydrogens (tertiary/aromatic N) is 2. The lowest BCUT2D eigenvalue weighted by atomic mass is 9.84. The van der Waals surface area contributed by atoms with Gasteiger partial charge in [-0.25, -0.2) is 0 Å². The zero-order chi connectivity index (χ0) is 18.6. The van der Waals surface area contributed by atoms with Gasteiger partial charge in [0.2, 0.25) is 5.78 Å². The molecule has 0 spiro atoms. The number of nitro benzene ring substituents is 1. The van der Waals surface area contributed by atoms with Crippen LogP contribution >= 0.6 is 0 Å². The minimum atomic E-state index is -0.663. The van der Waals surface area contributed by atoms with Gasteiger partial charge >= 0.3 is 0 Å². The molecular weight excluding hydrogens is 324 g/mol. The highest BCUT2D eigenvalue weighted by molar-refractivity contribution is 6.38. The van der Waals surface area contributed by atoms with Crippen molar-refractivity contribution in [1.29, 1.82) is 0 Å². The zero-order valence-electron chi connectivity index (χ0n) is 14.9.